The van der Waals surface area contributed by atoms with Crippen LogP contribution in [0.15, 0.2) is 52.1 Å². The summed E-state index contributed by atoms with van der Waals surface area (Å²) in [5.74, 6) is -4.52. The zero-order chi connectivity index (χ0) is 24.9. The highest BCUT2D eigenvalue weighted by Crippen LogP contribution is 2.41. The van der Waals surface area contributed by atoms with E-state index in [1.165, 1.54) is 54.3 Å². The molecule has 2 aliphatic heterocycles. The second-order valence-corrected chi connectivity index (χ2v) is 10.2. The minimum atomic E-state index is -3.03. The summed E-state index contributed by atoms with van der Waals surface area (Å²) in [6, 6.07) is 4.44. The molecule has 0 saturated carbocycles. The molecule has 1 fully saturated rings. The van der Waals surface area contributed by atoms with E-state index in [9.17, 15) is 28.2 Å². The van der Waals surface area contributed by atoms with Gasteiger partial charge in [-0.15, -0.1) is 11.3 Å². The molecule has 11 heteroatoms. The van der Waals surface area contributed by atoms with E-state index in [-0.39, 0.29) is 23.7 Å². The van der Waals surface area contributed by atoms with Gasteiger partial charge in [-0.25, -0.2) is 27.9 Å². The molecule has 3 N–H and O–H groups in total. The Hall–Kier alpha value is -2.76. The Balaban J connectivity index is 1.84. The van der Waals surface area contributed by atoms with Gasteiger partial charge in [0.15, 0.2) is 10.8 Å². The number of thiazole rings is 1. The first-order valence-corrected chi connectivity index (χ1v) is 11.5. The molecule has 2 aliphatic rings. The molecule has 1 saturated heterocycles. The van der Waals surface area contributed by atoms with Crippen molar-refractivity contribution in [3.05, 3.63) is 63.5 Å². The van der Waals surface area contributed by atoms with Gasteiger partial charge in [0, 0.05) is 36.3 Å². The van der Waals surface area contributed by atoms with E-state index in [1.807, 2.05) is 0 Å². The van der Waals surface area contributed by atoms with Gasteiger partial charge in [-0.3, -0.25) is 4.90 Å². The summed E-state index contributed by atoms with van der Waals surface area (Å²) < 4.78 is 42.4. The normalized spacial score (nSPS) is 25.3. The third-order valence-electron chi connectivity index (χ3n) is 6.19. The lowest BCUT2D eigenvalue weighted by Gasteiger charge is -2.38. The van der Waals surface area contributed by atoms with E-state index in [4.69, 9.17) is 0 Å². The molecule has 3 heterocycles. The van der Waals surface area contributed by atoms with Gasteiger partial charge in [0.2, 0.25) is 0 Å². The Morgan fingerprint density at radius 1 is 1.32 bits per heavy atom. The number of carboxylic acid groups (broad SMARTS) is 1. The van der Waals surface area contributed by atoms with Crippen LogP contribution in [-0.4, -0.2) is 62.6 Å². The van der Waals surface area contributed by atoms with Gasteiger partial charge in [-0.05, 0) is 38.5 Å². The number of carboxylic acids is 1. The van der Waals surface area contributed by atoms with Crippen LogP contribution in [0.4, 0.5) is 13.2 Å². The maximum atomic E-state index is 14.4. The first-order chi connectivity index (χ1) is 15.8. The van der Waals surface area contributed by atoms with E-state index in [0.717, 1.165) is 0 Å². The summed E-state index contributed by atoms with van der Waals surface area (Å²) in [4.78, 5) is 22.8. The van der Waals surface area contributed by atoms with Crippen LogP contribution in [-0.2, 0) is 10.3 Å². The molecule has 4 rings (SSSR count). The molecule has 0 bridgehead atoms. The number of aliphatic hydroxyl groups is 1. The SMILES string of the molecule is CC1(c2ccc(F)cc2)N=C(c2nccs2)NC(CN2CC(F)(F)CC2C(C)(C)O)=C1C(=O)O. The van der Waals surface area contributed by atoms with E-state index >= 15 is 0 Å². The second-order valence-electron chi connectivity index (χ2n) is 9.29. The minimum Gasteiger partial charge on any atom is -0.478 e. The van der Waals surface area contributed by atoms with E-state index in [2.05, 4.69) is 15.3 Å². The topological polar surface area (TPSA) is 98.0 Å². The zero-order valence-electron chi connectivity index (χ0n) is 18.8. The first-order valence-electron chi connectivity index (χ1n) is 10.6. The average molecular weight is 495 g/mol. The monoisotopic (exact) mass is 494 g/mol. The van der Waals surface area contributed by atoms with E-state index in [0.29, 0.717) is 10.6 Å². The number of nitrogens with one attached hydrogen (secondary N) is 1. The number of amidine groups is 1. The predicted octanol–water partition coefficient (Wildman–Crippen LogP) is 3.37. The van der Waals surface area contributed by atoms with Crippen molar-refractivity contribution in [3.8, 4) is 0 Å². The standard InChI is InChI=1S/C23H25F3N4O3S/c1-21(2,33)16-10-23(25,26)12-30(16)11-15-17(20(31)32)22(3,13-4-6-14(24)7-5-13)29-18(28-15)19-27-8-9-34-19/h4-9,16,33H,10-12H2,1-3H3,(H,28,29)(H,31,32). The van der Waals surface area contributed by atoms with E-state index in [1.54, 1.807) is 18.5 Å². The molecule has 2 unspecified atom stereocenters. The molecule has 1 aromatic carbocycles. The molecule has 182 valence electrons. The molecule has 0 spiro atoms. The van der Waals surface area contributed by atoms with Gasteiger partial charge in [0.1, 0.15) is 11.4 Å². The molecule has 2 atom stereocenters. The fourth-order valence-corrected chi connectivity index (χ4v) is 5.22. The van der Waals surface area contributed by atoms with Crippen LogP contribution in [0.5, 0.6) is 0 Å². The second kappa shape index (κ2) is 8.47. The largest absolute Gasteiger partial charge is 0.478 e. The summed E-state index contributed by atoms with van der Waals surface area (Å²) in [6.45, 7) is 3.68. The van der Waals surface area contributed by atoms with Crippen molar-refractivity contribution in [2.45, 2.75) is 50.3 Å². The van der Waals surface area contributed by atoms with Gasteiger partial charge in [0.25, 0.3) is 5.92 Å². The average Bonchev–Trinajstić information content (AvgIpc) is 3.35. The smallest absolute Gasteiger partial charge is 0.336 e. The van der Waals surface area contributed by atoms with Crippen LogP contribution in [0.1, 0.15) is 37.8 Å². The van der Waals surface area contributed by atoms with Gasteiger partial charge in [-0.1, -0.05) is 12.1 Å². The van der Waals surface area contributed by atoms with Crippen molar-refractivity contribution >= 4 is 23.1 Å². The minimum absolute atomic E-state index is 0.149. The van der Waals surface area contributed by atoms with Crippen molar-refractivity contribution in [2.24, 2.45) is 4.99 Å². The number of nitrogens with zero attached hydrogens (tertiary/aromatic N) is 3. The summed E-state index contributed by atoms with van der Waals surface area (Å²) in [5.41, 5.74) is -2.46. The number of aliphatic carboxylic acids is 1. The van der Waals surface area contributed by atoms with Crippen molar-refractivity contribution in [2.75, 3.05) is 13.1 Å². The molecule has 7 nitrogen and oxygen atoms in total. The zero-order valence-corrected chi connectivity index (χ0v) is 19.7. The number of hydrogen-bond donors (Lipinski definition) is 3. The number of rotatable bonds is 6. The molecular weight excluding hydrogens is 469 g/mol. The summed E-state index contributed by atoms with van der Waals surface area (Å²) in [6.07, 6.45) is 1.02. The number of alkyl halides is 2. The molecular formula is C23H25F3N4O3S. The summed E-state index contributed by atoms with van der Waals surface area (Å²) >= 11 is 1.28. The lowest BCUT2D eigenvalue weighted by molar-refractivity contribution is -0.133. The first kappa shape index (κ1) is 24.4. The van der Waals surface area contributed by atoms with Crippen molar-refractivity contribution in [1.82, 2.24) is 15.2 Å². The Morgan fingerprint density at radius 2 is 2.00 bits per heavy atom. The number of benzene rings is 1. The van der Waals surface area contributed by atoms with Crippen molar-refractivity contribution in [1.29, 1.82) is 0 Å². The fraction of sp³-hybridized carbons (Fsp3) is 0.435. The fourth-order valence-electron chi connectivity index (χ4n) is 4.64. The van der Waals surface area contributed by atoms with Gasteiger partial charge in [0.05, 0.1) is 17.7 Å². The third kappa shape index (κ3) is 4.59. The molecule has 34 heavy (non-hydrogen) atoms. The van der Waals surface area contributed by atoms with Gasteiger partial charge in [-0.2, -0.15) is 0 Å². The number of likely N-dealkylation sites (tertiary alicyclic amines) is 1. The molecule has 2 aromatic rings. The highest BCUT2D eigenvalue weighted by atomic mass is 32.1. The molecule has 1 aromatic heterocycles. The van der Waals surface area contributed by atoms with Crippen molar-refractivity contribution in [3.63, 3.8) is 0 Å². The third-order valence-corrected chi connectivity index (χ3v) is 6.97. The quantitative estimate of drug-likeness (QED) is 0.570. The maximum absolute atomic E-state index is 14.4. The highest BCUT2D eigenvalue weighted by molar-refractivity contribution is 7.11. The molecule has 0 aliphatic carbocycles. The van der Waals surface area contributed by atoms with Crippen molar-refractivity contribution < 1.29 is 28.2 Å². The van der Waals surface area contributed by atoms with Crippen LogP contribution >= 0.6 is 11.3 Å². The van der Waals surface area contributed by atoms with Crippen LogP contribution < -0.4 is 5.32 Å². The highest BCUT2D eigenvalue weighted by Gasteiger charge is 2.51. The maximum Gasteiger partial charge on any atom is 0.336 e. The number of aliphatic imine (C=N–C) groups is 1. The lowest BCUT2D eigenvalue weighted by atomic mass is 9.82. The molecule has 0 amide bonds. The van der Waals surface area contributed by atoms with Gasteiger partial charge >= 0.3 is 5.97 Å². The van der Waals surface area contributed by atoms with Crippen LogP contribution in [0.3, 0.4) is 0 Å². The Kier molecular flexibility index (Phi) is 6.07. The number of halogens is 3. The van der Waals surface area contributed by atoms with Crippen LogP contribution in [0.25, 0.3) is 0 Å². The summed E-state index contributed by atoms with van der Waals surface area (Å²) in [5, 5.41) is 26.0. The number of aromatic nitrogens is 1. The molecule has 0 radical (unpaired) electrons. The predicted molar refractivity (Wildman–Crippen MR) is 121 cm³/mol. The van der Waals surface area contributed by atoms with Gasteiger partial charge < -0.3 is 15.5 Å². The Labute approximate surface area is 198 Å². The van der Waals surface area contributed by atoms with Crippen LogP contribution in [0, 0.1) is 5.82 Å². The summed E-state index contributed by atoms with van der Waals surface area (Å²) in [7, 11) is 0. The van der Waals surface area contributed by atoms with E-state index < -0.39 is 47.9 Å². The number of carbonyl (C=O) groups is 1. The number of hydrogen-bond acceptors (Lipinski definition) is 7. The Morgan fingerprint density at radius 3 is 2.56 bits per heavy atom. The lowest BCUT2D eigenvalue weighted by Crippen LogP contribution is -2.49. The Bertz CT molecular complexity index is 1140. The van der Waals surface area contributed by atoms with Crippen LogP contribution in [0.2, 0.25) is 0 Å².